The number of rotatable bonds is 4. The number of hydrogen-bond acceptors (Lipinski definition) is 3. The first-order valence-electron chi connectivity index (χ1n) is 8.05. The lowest BCUT2D eigenvalue weighted by Gasteiger charge is -2.08. The van der Waals surface area contributed by atoms with Gasteiger partial charge in [0.05, 0.1) is 11.1 Å². The molecule has 3 aromatic rings. The first-order chi connectivity index (χ1) is 12.0. The molecule has 6 nitrogen and oxygen atoms in total. The largest absolute Gasteiger partial charge is 0.352 e. The van der Waals surface area contributed by atoms with Gasteiger partial charge in [0.2, 0.25) is 5.56 Å². The predicted octanol–water partition coefficient (Wildman–Crippen LogP) is 1.81. The monoisotopic (exact) mass is 337 g/mol. The lowest BCUT2D eigenvalue weighted by Crippen LogP contribution is -2.28. The molecule has 2 heterocycles. The van der Waals surface area contributed by atoms with E-state index in [1.165, 1.54) is 18.3 Å². The van der Waals surface area contributed by atoms with Crippen molar-refractivity contribution < 1.29 is 4.79 Å². The number of fused-ring (bicyclic) bond motifs is 1. The molecule has 0 aliphatic heterocycles. The smallest absolute Gasteiger partial charge is 0.252 e. The molecule has 3 N–H and O–H groups in total. The highest BCUT2D eigenvalue weighted by atomic mass is 16.2. The Morgan fingerprint density at radius 3 is 2.64 bits per heavy atom. The molecule has 3 rings (SSSR count). The van der Waals surface area contributed by atoms with Crippen LogP contribution < -0.4 is 16.4 Å². The highest BCUT2D eigenvalue weighted by Gasteiger charge is 2.08. The summed E-state index contributed by atoms with van der Waals surface area (Å²) in [5, 5.41) is 3.73. The van der Waals surface area contributed by atoms with Gasteiger partial charge in [-0.25, -0.2) is 0 Å². The summed E-state index contributed by atoms with van der Waals surface area (Å²) in [6.07, 6.45) is 1.79. The summed E-state index contributed by atoms with van der Waals surface area (Å²) in [5.74, 6) is -0.292. The van der Waals surface area contributed by atoms with Crippen LogP contribution in [0.3, 0.4) is 0 Å². The van der Waals surface area contributed by atoms with E-state index in [4.69, 9.17) is 0 Å². The number of carbonyl (C=O) groups excluding carboxylic acids is 1. The number of aromatic nitrogens is 2. The number of aryl methyl sites for hydroxylation is 2. The number of nitrogens with one attached hydrogen (secondary N) is 3. The molecular formula is C19H19N3O3. The highest BCUT2D eigenvalue weighted by molar-refractivity contribution is 5.93. The van der Waals surface area contributed by atoms with Crippen LogP contribution in [-0.4, -0.2) is 22.4 Å². The Hall–Kier alpha value is -3.15. The summed E-state index contributed by atoms with van der Waals surface area (Å²) < 4.78 is 0. The van der Waals surface area contributed by atoms with Crippen molar-refractivity contribution >= 4 is 16.8 Å². The van der Waals surface area contributed by atoms with Crippen LogP contribution in [0.4, 0.5) is 0 Å². The van der Waals surface area contributed by atoms with Crippen molar-refractivity contribution in [2.75, 3.05) is 6.54 Å². The van der Waals surface area contributed by atoms with Crippen LogP contribution in [0.15, 0.2) is 46.1 Å². The molecule has 2 aromatic heterocycles. The first-order valence-corrected chi connectivity index (χ1v) is 8.05. The lowest BCUT2D eigenvalue weighted by molar-refractivity contribution is 0.0953. The third-order valence-corrected chi connectivity index (χ3v) is 4.35. The summed E-state index contributed by atoms with van der Waals surface area (Å²) in [5.41, 5.74) is 3.64. The number of hydrogen-bond donors (Lipinski definition) is 3. The maximum absolute atomic E-state index is 12.3. The molecule has 0 aliphatic carbocycles. The fourth-order valence-electron chi connectivity index (χ4n) is 2.72. The first kappa shape index (κ1) is 16.7. The van der Waals surface area contributed by atoms with Crippen LogP contribution in [0.2, 0.25) is 0 Å². The van der Waals surface area contributed by atoms with Crippen LogP contribution >= 0.6 is 0 Å². The molecular weight excluding hydrogens is 318 g/mol. The average molecular weight is 337 g/mol. The second-order valence-corrected chi connectivity index (χ2v) is 6.04. The molecule has 0 spiro atoms. The van der Waals surface area contributed by atoms with Gasteiger partial charge in [0.1, 0.15) is 0 Å². The standard InChI is InChI=1S/C19H19N3O3/c1-11-3-4-13-9-14(19(25)22-17(13)12(11)2)7-8-20-18(24)15-5-6-16(23)21-10-15/h3-6,9-10H,7-8H2,1-2H3,(H,20,24)(H,21,23)(H,22,25). The number of aromatic amines is 2. The predicted molar refractivity (Wildman–Crippen MR) is 97.1 cm³/mol. The molecule has 0 radical (unpaired) electrons. The average Bonchev–Trinajstić information content (AvgIpc) is 2.60. The quantitative estimate of drug-likeness (QED) is 0.677. The van der Waals surface area contributed by atoms with E-state index in [1.807, 2.05) is 32.0 Å². The van der Waals surface area contributed by atoms with Gasteiger partial charge in [-0.15, -0.1) is 0 Å². The maximum atomic E-state index is 12.3. The van der Waals surface area contributed by atoms with Crippen molar-refractivity contribution in [3.63, 3.8) is 0 Å². The molecule has 25 heavy (non-hydrogen) atoms. The van der Waals surface area contributed by atoms with E-state index in [2.05, 4.69) is 15.3 Å². The van der Waals surface area contributed by atoms with Crippen LogP contribution in [0.1, 0.15) is 27.0 Å². The van der Waals surface area contributed by atoms with Gasteiger partial charge in [-0.3, -0.25) is 14.4 Å². The van der Waals surface area contributed by atoms with Crippen molar-refractivity contribution in [1.82, 2.24) is 15.3 Å². The van der Waals surface area contributed by atoms with E-state index in [1.54, 1.807) is 0 Å². The molecule has 0 bridgehead atoms. The summed E-state index contributed by atoms with van der Waals surface area (Å²) >= 11 is 0. The van der Waals surface area contributed by atoms with Crippen molar-refractivity contribution in [3.05, 3.63) is 79.5 Å². The zero-order chi connectivity index (χ0) is 18.0. The zero-order valence-electron chi connectivity index (χ0n) is 14.1. The lowest BCUT2D eigenvalue weighted by atomic mass is 10.0. The number of pyridine rings is 2. The van der Waals surface area contributed by atoms with E-state index in [9.17, 15) is 14.4 Å². The normalized spacial score (nSPS) is 10.8. The fourth-order valence-corrected chi connectivity index (χ4v) is 2.72. The molecule has 1 aromatic carbocycles. The molecule has 0 fully saturated rings. The van der Waals surface area contributed by atoms with Gasteiger partial charge in [0.25, 0.3) is 11.5 Å². The summed E-state index contributed by atoms with van der Waals surface area (Å²) in [6.45, 7) is 4.32. The van der Waals surface area contributed by atoms with Crippen LogP contribution in [0, 0.1) is 13.8 Å². The van der Waals surface area contributed by atoms with Gasteiger partial charge in [0.15, 0.2) is 0 Å². The van der Waals surface area contributed by atoms with Gasteiger partial charge in [-0.05, 0) is 48.9 Å². The Kier molecular flexibility index (Phi) is 4.52. The van der Waals surface area contributed by atoms with Gasteiger partial charge in [-0.2, -0.15) is 0 Å². The maximum Gasteiger partial charge on any atom is 0.252 e. The number of carbonyl (C=O) groups is 1. The fraction of sp³-hybridized carbons (Fsp3) is 0.211. The molecule has 0 unspecified atom stereocenters. The van der Waals surface area contributed by atoms with Crippen molar-refractivity contribution in [3.8, 4) is 0 Å². The highest BCUT2D eigenvalue weighted by Crippen LogP contribution is 2.18. The molecule has 0 saturated carbocycles. The van der Waals surface area contributed by atoms with Crippen LogP contribution in [0.25, 0.3) is 10.9 Å². The minimum absolute atomic E-state index is 0.139. The van der Waals surface area contributed by atoms with Crippen LogP contribution in [-0.2, 0) is 6.42 Å². The van der Waals surface area contributed by atoms with Gasteiger partial charge in [-0.1, -0.05) is 12.1 Å². The molecule has 0 atom stereocenters. The number of H-pyrrole nitrogens is 2. The SMILES string of the molecule is Cc1ccc2cc(CCNC(=O)c3ccc(=O)[nH]c3)c(=O)[nH]c2c1C. The molecule has 0 aliphatic rings. The molecule has 1 amide bonds. The van der Waals surface area contributed by atoms with E-state index in [0.29, 0.717) is 24.1 Å². The molecule has 0 saturated heterocycles. The van der Waals surface area contributed by atoms with E-state index >= 15 is 0 Å². The minimum atomic E-state index is -0.292. The Morgan fingerprint density at radius 1 is 1.12 bits per heavy atom. The summed E-state index contributed by atoms with van der Waals surface area (Å²) in [7, 11) is 0. The Balaban J connectivity index is 1.73. The Morgan fingerprint density at radius 2 is 1.92 bits per heavy atom. The second-order valence-electron chi connectivity index (χ2n) is 6.04. The van der Waals surface area contributed by atoms with Crippen molar-refractivity contribution in [1.29, 1.82) is 0 Å². The zero-order valence-corrected chi connectivity index (χ0v) is 14.1. The van der Waals surface area contributed by atoms with Gasteiger partial charge < -0.3 is 15.3 Å². The summed E-state index contributed by atoms with van der Waals surface area (Å²) in [4.78, 5) is 40.7. The van der Waals surface area contributed by atoms with E-state index in [0.717, 1.165) is 22.0 Å². The van der Waals surface area contributed by atoms with E-state index in [-0.39, 0.29) is 17.0 Å². The summed E-state index contributed by atoms with van der Waals surface area (Å²) in [6, 6.07) is 8.63. The van der Waals surface area contributed by atoms with E-state index < -0.39 is 0 Å². The minimum Gasteiger partial charge on any atom is -0.352 e. The van der Waals surface area contributed by atoms with Crippen molar-refractivity contribution in [2.24, 2.45) is 0 Å². The second kappa shape index (κ2) is 6.76. The van der Waals surface area contributed by atoms with Gasteiger partial charge in [0, 0.05) is 24.4 Å². The van der Waals surface area contributed by atoms with Gasteiger partial charge >= 0.3 is 0 Å². The van der Waals surface area contributed by atoms with Crippen LogP contribution in [0.5, 0.6) is 0 Å². The third kappa shape index (κ3) is 3.52. The molecule has 128 valence electrons. The van der Waals surface area contributed by atoms with Crippen molar-refractivity contribution in [2.45, 2.75) is 20.3 Å². The number of benzene rings is 1. The number of amides is 1. The topological polar surface area (TPSA) is 94.8 Å². The molecule has 6 heteroatoms. The Bertz CT molecular complexity index is 1040. The Labute approximate surface area is 143 Å². The third-order valence-electron chi connectivity index (χ3n) is 4.35.